The van der Waals surface area contributed by atoms with E-state index < -0.39 is 12.0 Å². The van der Waals surface area contributed by atoms with Gasteiger partial charge in [0.2, 0.25) is 11.8 Å². The molecule has 0 saturated carbocycles. The number of likely N-dealkylation sites (tertiary alicyclic amines) is 1. The molecule has 0 aromatic heterocycles. The SMILES string of the molecule is CCCCCCCCCCCC(=O)N1C(=O)CCC1C(=O)[O-].[Na+]. The molecular formula is C17H28NNaO4. The summed E-state index contributed by atoms with van der Waals surface area (Å²) >= 11 is 0. The van der Waals surface area contributed by atoms with Gasteiger partial charge in [0.1, 0.15) is 0 Å². The Bertz CT molecular complexity index is 387. The van der Waals surface area contributed by atoms with Crippen LogP contribution in [0.25, 0.3) is 0 Å². The first-order valence-corrected chi connectivity index (χ1v) is 8.63. The maximum absolute atomic E-state index is 12.0. The summed E-state index contributed by atoms with van der Waals surface area (Å²) in [7, 11) is 0. The number of imide groups is 1. The normalized spacial score (nSPS) is 17.2. The first kappa shape index (κ1) is 22.6. The average Bonchev–Trinajstić information content (AvgIpc) is 2.87. The number of carbonyl (C=O) groups is 3. The molecule has 1 rings (SSSR count). The van der Waals surface area contributed by atoms with Crippen LogP contribution < -0.4 is 34.7 Å². The minimum absolute atomic E-state index is 0. The van der Waals surface area contributed by atoms with Crippen LogP contribution in [0.15, 0.2) is 0 Å². The Morgan fingerprint density at radius 1 is 1.04 bits per heavy atom. The van der Waals surface area contributed by atoms with Gasteiger partial charge in [-0.15, -0.1) is 0 Å². The molecule has 0 aromatic rings. The Hall–Kier alpha value is -0.390. The van der Waals surface area contributed by atoms with Crippen molar-refractivity contribution in [1.82, 2.24) is 4.90 Å². The van der Waals surface area contributed by atoms with E-state index in [9.17, 15) is 19.5 Å². The van der Waals surface area contributed by atoms with Gasteiger partial charge in [-0.3, -0.25) is 14.5 Å². The van der Waals surface area contributed by atoms with Gasteiger partial charge in [-0.25, -0.2) is 0 Å². The molecule has 0 aliphatic carbocycles. The van der Waals surface area contributed by atoms with E-state index in [4.69, 9.17) is 0 Å². The van der Waals surface area contributed by atoms with E-state index in [1.807, 2.05) is 0 Å². The van der Waals surface area contributed by atoms with Crippen molar-refractivity contribution in [2.75, 3.05) is 0 Å². The third kappa shape index (κ3) is 8.32. The van der Waals surface area contributed by atoms with Gasteiger partial charge in [-0.1, -0.05) is 58.3 Å². The van der Waals surface area contributed by atoms with Crippen LogP contribution in [0.5, 0.6) is 0 Å². The van der Waals surface area contributed by atoms with Crippen LogP contribution in [0.3, 0.4) is 0 Å². The van der Waals surface area contributed by atoms with Crippen molar-refractivity contribution >= 4 is 17.8 Å². The van der Waals surface area contributed by atoms with Crippen molar-refractivity contribution in [1.29, 1.82) is 0 Å². The number of hydrogen-bond acceptors (Lipinski definition) is 4. The minimum atomic E-state index is -1.33. The number of carbonyl (C=O) groups excluding carboxylic acids is 3. The number of aliphatic carboxylic acids is 1. The number of rotatable bonds is 11. The van der Waals surface area contributed by atoms with Crippen molar-refractivity contribution in [2.24, 2.45) is 0 Å². The van der Waals surface area contributed by atoms with Crippen molar-refractivity contribution in [2.45, 2.75) is 90.0 Å². The van der Waals surface area contributed by atoms with Crippen LogP contribution in [-0.4, -0.2) is 28.7 Å². The molecule has 0 aromatic carbocycles. The number of nitrogens with zero attached hydrogens (tertiary/aromatic N) is 1. The molecule has 0 radical (unpaired) electrons. The first-order chi connectivity index (χ1) is 10.6. The molecule has 6 heteroatoms. The summed E-state index contributed by atoms with van der Waals surface area (Å²) < 4.78 is 0. The first-order valence-electron chi connectivity index (χ1n) is 8.63. The predicted molar refractivity (Wildman–Crippen MR) is 81.7 cm³/mol. The second-order valence-electron chi connectivity index (χ2n) is 6.11. The molecule has 5 nitrogen and oxygen atoms in total. The number of unbranched alkanes of at least 4 members (excludes halogenated alkanes) is 8. The van der Waals surface area contributed by atoms with Crippen LogP contribution in [0.4, 0.5) is 0 Å². The number of hydrogen-bond donors (Lipinski definition) is 0. The Balaban J connectivity index is 0.00000484. The molecule has 2 amide bonds. The van der Waals surface area contributed by atoms with E-state index in [0.29, 0.717) is 0 Å². The molecule has 0 bridgehead atoms. The van der Waals surface area contributed by atoms with Gasteiger partial charge in [0.05, 0.1) is 12.0 Å². The van der Waals surface area contributed by atoms with E-state index in [1.165, 1.54) is 38.5 Å². The van der Waals surface area contributed by atoms with Gasteiger partial charge in [-0.2, -0.15) is 0 Å². The maximum Gasteiger partial charge on any atom is 1.00 e. The average molecular weight is 333 g/mol. The standard InChI is InChI=1S/C17H29NO4.Na/c1-2-3-4-5-6-7-8-9-10-11-15(19)18-14(17(21)22)12-13-16(18)20;/h14H,2-13H2,1H3,(H,21,22);/q;+1/p-1. The van der Waals surface area contributed by atoms with Crippen molar-refractivity contribution in [3.05, 3.63) is 0 Å². The Morgan fingerprint density at radius 3 is 2.09 bits per heavy atom. The van der Waals surface area contributed by atoms with Crippen LogP contribution in [0.2, 0.25) is 0 Å². The topological polar surface area (TPSA) is 77.5 Å². The zero-order valence-corrected chi connectivity index (χ0v) is 16.6. The second kappa shape index (κ2) is 13.0. The third-order valence-electron chi connectivity index (χ3n) is 4.25. The van der Waals surface area contributed by atoms with Crippen LogP contribution in [0.1, 0.15) is 84.0 Å². The van der Waals surface area contributed by atoms with Crippen LogP contribution >= 0.6 is 0 Å². The third-order valence-corrected chi connectivity index (χ3v) is 4.25. The smallest absolute Gasteiger partial charge is 0.548 e. The van der Waals surface area contributed by atoms with Crippen LogP contribution in [0, 0.1) is 0 Å². The molecule has 1 saturated heterocycles. The molecule has 1 unspecified atom stereocenters. The molecule has 1 atom stereocenters. The Morgan fingerprint density at radius 2 is 1.57 bits per heavy atom. The molecule has 126 valence electrons. The largest absolute Gasteiger partial charge is 1.00 e. The molecule has 0 spiro atoms. The fourth-order valence-electron chi connectivity index (χ4n) is 2.93. The fourth-order valence-corrected chi connectivity index (χ4v) is 2.93. The van der Waals surface area contributed by atoms with Crippen molar-refractivity contribution in [3.63, 3.8) is 0 Å². The fraction of sp³-hybridized carbons (Fsp3) is 0.824. The summed E-state index contributed by atoms with van der Waals surface area (Å²) in [6, 6.07) is -1.06. The number of carboxylic acids is 1. The summed E-state index contributed by atoms with van der Waals surface area (Å²) in [5.74, 6) is -2.07. The molecule has 23 heavy (non-hydrogen) atoms. The van der Waals surface area contributed by atoms with Gasteiger partial charge >= 0.3 is 29.6 Å². The number of carboxylic acid groups (broad SMARTS) is 1. The second-order valence-corrected chi connectivity index (χ2v) is 6.11. The zero-order chi connectivity index (χ0) is 16.4. The molecule has 1 aliphatic heterocycles. The summed E-state index contributed by atoms with van der Waals surface area (Å²) in [5.41, 5.74) is 0. The Kier molecular flexibility index (Phi) is 12.7. The van der Waals surface area contributed by atoms with Crippen molar-refractivity contribution < 1.29 is 49.0 Å². The zero-order valence-electron chi connectivity index (χ0n) is 14.6. The van der Waals surface area contributed by atoms with Gasteiger partial charge in [0.15, 0.2) is 0 Å². The van der Waals surface area contributed by atoms with E-state index in [-0.39, 0.29) is 60.6 Å². The summed E-state index contributed by atoms with van der Waals surface area (Å²) in [6.07, 6.45) is 10.9. The summed E-state index contributed by atoms with van der Waals surface area (Å²) in [5, 5.41) is 10.9. The van der Waals surface area contributed by atoms with Gasteiger partial charge in [-0.05, 0) is 12.8 Å². The van der Waals surface area contributed by atoms with Gasteiger partial charge in [0.25, 0.3) is 0 Å². The van der Waals surface area contributed by atoms with Crippen LogP contribution in [-0.2, 0) is 14.4 Å². The minimum Gasteiger partial charge on any atom is -0.548 e. The molecule has 1 aliphatic rings. The molecule has 1 fully saturated rings. The molecule has 0 N–H and O–H groups in total. The van der Waals surface area contributed by atoms with E-state index in [2.05, 4.69) is 6.92 Å². The van der Waals surface area contributed by atoms with E-state index in [1.54, 1.807) is 0 Å². The van der Waals surface area contributed by atoms with Gasteiger partial charge < -0.3 is 9.90 Å². The monoisotopic (exact) mass is 333 g/mol. The van der Waals surface area contributed by atoms with E-state index >= 15 is 0 Å². The Labute approximate surface area is 161 Å². The summed E-state index contributed by atoms with van der Waals surface area (Å²) in [6.45, 7) is 2.20. The van der Waals surface area contributed by atoms with Crippen molar-refractivity contribution in [3.8, 4) is 0 Å². The molecular weight excluding hydrogens is 305 g/mol. The molecule has 1 heterocycles. The predicted octanol–water partition coefficient (Wildman–Crippen LogP) is -0.821. The van der Waals surface area contributed by atoms with E-state index in [0.717, 1.165) is 24.2 Å². The summed E-state index contributed by atoms with van der Waals surface area (Å²) in [4.78, 5) is 35.4. The quantitative estimate of drug-likeness (QED) is 0.366. The van der Waals surface area contributed by atoms with Gasteiger partial charge in [0, 0.05) is 12.8 Å². The maximum atomic E-state index is 12.0. The number of amides is 2.